The highest BCUT2D eigenvalue weighted by Gasteiger charge is 2.16. The summed E-state index contributed by atoms with van der Waals surface area (Å²) in [7, 11) is 0. The summed E-state index contributed by atoms with van der Waals surface area (Å²) in [5, 5.41) is 1.60. The Morgan fingerprint density at radius 3 is 2.44 bits per heavy atom. The van der Waals surface area contributed by atoms with Crippen molar-refractivity contribution < 1.29 is 0 Å². The summed E-state index contributed by atoms with van der Waals surface area (Å²) in [4.78, 5) is 18.1. The molecule has 0 radical (unpaired) electrons. The minimum absolute atomic E-state index is 0.0521. The van der Waals surface area contributed by atoms with Crippen molar-refractivity contribution >= 4 is 27.5 Å². The molecule has 0 unspecified atom stereocenters. The van der Waals surface area contributed by atoms with Crippen LogP contribution in [0.2, 0.25) is 0 Å². The maximum atomic E-state index is 13.3. The third kappa shape index (κ3) is 1.94. The van der Waals surface area contributed by atoms with Crippen molar-refractivity contribution in [3.63, 3.8) is 0 Å². The Morgan fingerprint density at radius 2 is 1.60 bits per heavy atom. The Balaban J connectivity index is 2.09. The highest BCUT2D eigenvalue weighted by Crippen LogP contribution is 2.25. The first kappa shape index (κ1) is 14.0. The Labute approximate surface area is 143 Å². The number of para-hydroxylation sites is 2. The van der Waals surface area contributed by atoms with Gasteiger partial charge in [-0.1, -0.05) is 42.0 Å². The first-order chi connectivity index (χ1) is 12.2. The summed E-state index contributed by atoms with van der Waals surface area (Å²) in [6, 6.07) is 23.7. The molecule has 0 saturated heterocycles. The number of hydrogen-bond donors (Lipinski definition) is 0. The van der Waals surface area contributed by atoms with Crippen LogP contribution in [0.15, 0.2) is 77.6 Å². The molecule has 0 aliphatic carbocycles. The SMILES string of the molecule is Cc1ccc2nc3c4ccccc4n(-c4ccccc4)n3c(=O)c2c1. The summed E-state index contributed by atoms with van der Waals surface area (Å²) in [6.07, 6.45) is 0. The number of hydrogen-bond acceptors (Lipinski definition) is 2. The van der Waals surface area contributed by atoms with Gasteiger partial charge in [0.15, 0.2) is 5.65 Å². The molecule has 2 heterocycles. The quantitative estimate of drug-likeness (QED) is 0.465. The molecule has 0 spiro atoms. The van der Waals surface area contributed by atoms with Gasteiger partial charge in [0.1, 0.15) is 0 Å². The van der Waals surface area contributed by atoms with Crippen LogP contribution in [-0.2, 0) is 0 Å². The van der Waals surface area contributed by atoms with Crippen molar-refractivity contribution in [3.8, 4) is 5.69 Å². The van der Waals surface area contributed by atoms with Crippen molar-refractivity contribution in [2.45, 2.75) is 6.92 Å². The van der Waals surface area contributed by atoms with E-state index in [0.29, 0.717) is 11.0 Å². The topological polar surface area (TPSA) is 39.3 Å². The molecule has 2 aromatic heterocycles. The summed E-state index contributed by atoms with van der Waals surface area (Å²) >= 11 is 0. The van der Waals surface area contributed by atoms with Crippen LogP contribution < -0.4 is 5.56 Å². The van der Waals surface area contributed by atoms with Gasteiger partial charge in [-0.3, -0.25) is 4.79 Å². The van der Waals surface area contributed by atoms with Crippen LogP contribution in [0.1, 0.15) is 5.56 Å². The third-order valence-electron chi connectivity index (χ3n) is 4.58. The van der Waals surface area contributed by atoms with E-state index >= 15 is 0 Å². The van der Waals surface area contributed by atoms with Gasteiger partial charge in [-0.05, 0) is 43.3 Å². The normalized spacial score (nSPS) is 11.6. The smallest absolute Gasteiger partial charge is 0.267 e. The number of rotatable bonds is 1. The molecular formula is C21H15N3O. The molecule has 120 valence electrons. The van der Waals surface area contributed by atoms with Crippen molar-refractivity contribution in [2.24, 2.45) is 0 Å². The average molecular weight is 325 g/mol. The summed E-state index contributed by atoms with van der Waals surface area (Å²) in [6.45, 7) is 1.99. The fraction of sp³-hybridized carbons (Fsp3) is 0.0476. The van der Waals surface area contributed by atoms with Crippen LogP contribution in [0, 0.1) is 6.92 Å². The van der Waals surface area contributed by atoms with Crippen LogP contribution in [-0.4, -0.2) is 14.2 Å². The number of aryl methyl sites for hydroxylation is 1. The van der Waals surface area contributed by atoms with Gasteiger partial charge < -0.3 is 0 Å². The molecular weight excluding hydrogens is 310 g/mol. The Morgan fingerprint density at radius 1 is 0.840 bits per heavy atom. The lowest BCUT2D eigenvalue weighted by Gasteiger charge is -2.08. The summed E-state index contributed by atoms with van der Waals surface area (Å²) in [5.74, 6) is 0. The zero-order valence-electron chi connectivity index (χ0n) is 13.7. The van der Waals surface area contributed by atoms with Gasteiger partial charge in [0.05, 0.1) is 22.1 Å². The lowest BCUT2D eigenvalue weighted by Crippen LogP contribution is -2.20. The fourth-order valence-corrected chi connectivity index (χ4v) is 3.43. The summed E-state index contributed by atoms with van der Waals surface area (Å²) < 4.78 is 3.63. The van der Waals surface area contributed by atoms with Crippen molar-refractivity contribution in [3.05, 3.63) is 88.7 Å². The van der Waals surface area contributed by atoms with E-state index in [1.807, 2.05) is 84.4 Å². The maximum absolute atomic E-state index is 13.3. The molecule has 5 rings (SSSR count). The van der Waals surface area contributed by atoms with E-state index < -0.39 is 0 Å². The van der Waals surface area contributed by atoms with Crippen molar-refractivity contribution in [1.29, 1.82) is 0 Å². The van der Waals surface area contributed by atoms with E-state index in [0.717, 1.165) is 27.7 Å². The van der Waals surface area contributed by atoms with E-state index in [9.17, 15) is 4.79 Å². The molecule has 5 aromatic rings. The Hall–Kier alpha value is -3.40. The van der Waals surface area contributed by atoms with Gasteiger partial charge in [-0.15, -0.1) is 0 Å². The molecule has 0 saturated carbocycles. The molecule has 0 bridgehead atoms. The lowest BCUT2D eigenvalue weighted by atomic mass is 10.1. The molecule has 25 heavy (non-hydrogen) atoms. The van der Waals surface area contributed by atoms with Crippen LogP contribution in [0.25, 0.3) is 33.1 Å². The van der Waals surface area contributed by atoms with Crippen LogP contribution in [0.5, 0.6) is 0 Å². The van der Waals surface area contributed by atoms with Gasteiger partial charge in [0.25, 0.3) is 5.56 Å². The van der Waals surface area contributed by atoms with E-state index in [2.05, 4.69) is 0 Å². The molecule has 4 heteroatoms. The lowest BCUT2D eigenvalue weighted by molar-refractivity contribution is 0.794. The summed E-state index contributed by atoms with van der Waals surface area (Å²) in [5.41, 5.74) is 4.31. The van der Waals surface area contributed by atoms with E-state index in [1.165, 1.54) is 0 Å². The van der Waals surface area contributed by atoms with Gasteiger partial charge in [0, 0.05) is 5.39 Å². The molecule has 3 aromatic carbocycles. The molecule has 0 atom stereocenters. The number of nitrogens with zero attached hydrogens (tertiary/aromatic N) is 3. The zero-order valence-corrected chi connectivity index (χ0v) is 13.7. The van der Waals surface area contributed by atoms with Gasteiger partial charge >= 0.3 is 0 Å². The highest BCUT2D eigenvalue weighted by atomic mass is 16.1. The molecule has 0 N–H and O–H groups in total. The largest absolute Gasteiger partial charge is 0.281 e. The van der Waals surface area contributed by atoms with E-state index in [-0.39, 0.29) is 5.56 Å². The van der Waals surface area contributed by atoms with E-state index in [1.54, 1.807) is 4.52 Å². The van der Waals surface area contributed by atoms with E-state index in [4.69, 9.17) is 4.98 Å². The number of benzene rings is 3. The second kappa shape index (κ2) is 5.05. The third-order valence-corrected chi connectivity index (χ3v) is 4.58. The maximum Gasteiger partial charge on any atom is 0.281 e. The minimum Gasteiger partial charge on any atom is -0.267 e. The van der Waals surface area contributed by atoms with Crippen LogP contribution in [0.3, 0.4) is 0 Å². The van der Waals surface area contributed by atoms with Gasteiger partial charge in [-0.2, -0.15) is 4.52 Å². The van der Waals surface area contributed by atoms with Crippen LogP contribution >= 0.6 is 0 Å². The standard InChI is InChI=1S/C21H15N3O/c1-14-11-12-18-17(13-14)21(25)24-20(22-18)16-9-5-6-10-19(16)23(24)15-7-3-2-4-8-15/h2-13H,1H3. The predicted molar refractivity (Wildman–Crippen MR) is 101 cm³/mol. The number of fused-ring (bicyclic) bond motifs is 4. The first-order valence-electron chi connectivity index (χ1n) is 8.22. The molecule has 0 aliphatic rings. The Bertz CT molecular complexity index is 1310. The van der Waals surface area contributed by atoms with Gasteiger partial charge in [-0.25, -0.2) is 9.67 Å². The molecule has 0 aliphatic heterocycles. The number of aromatic nitrogens is 3. The van der Waals surface area contributed by atoms with Gasteiger partial charge in [0.2, 0.25) is 0 Å². The zero-order chi connectivity index (χ0) is 17.0. The highest BCUT2D eigenvalue weighted by molar-refractivity contribution is 5.96. The average Bonchev–Trinajstić information content (AvgIpc) is 2.98. The first-order valence-corrected chi connectivity index (χ1v) is 8.22. The Kier molecular flexibility index (Phi) is 2.82. The van der Waals surface area contributed by atoms with Crippen molar-refractivity contribution in [2.75, 3.05) is 0 Å². The predicted octanol–water partition coefficient (Wildman–Crippen LogP) is 4.10. The molecule has 4 nitrogen and oxygen atoms in total. The monoisotopic (exact) mass is 325 g/mol. The van der Waals surface area contributed by atoms with Crippen LogP contribution in [0.4, 0.5) is 0 Å². The van der Waals surface area contributed by atoms with Crippen molar-refractivity contribution in [1.82, 2.24) is 14.2 Å². The molecule has 0 amide bonds. The minimum atomic E-state index is -0.0521. The second-order valence-electron chi connectivity index (χ2n) is 6.24. The molecule has 0 fully saturated rings. The second-order valence-corrected chi connectivity index (χ2v) is 6.24. The fourth-order valence-electron chi connectivity index (χ4n) is 3.43.